The van der Waals surface area contributed by atoms with Crippen LogP contribution in [-0.2, 0) is 12.0 Å². The molecule has 0 atom stereocenters. The van der Waals surface area contributed by atoms with Crippen LogP contribution in [-0.4, -0.2) is 12.6 Å². The van der Waals surface area contributed by atoms with E-state index in [0.29, 0.717) is 18.1 Å². The summed E-state index contributed by atoms with van der Waals surface area (Å²) < 4.78 is 0. The van der Waals surface area contributed by atoms with Gasteiger partial charge in [-0.25, -0.2) is 4.79 Å². The minimum atomic E-state index is -0.177. The third-order valence-electron chi connectivity index (χ3n) is 3.59. The molecule has 0 spiro atoms. The Morgan fingerprint density at radius 3 is 2.45 bits per heavy atom. The van der Waals surface area contributed by atoms with Crippen LogP contribution in [0.25, 0.3) is 0 Å². The van der Waals surface area contributed by atoms with E-state index < -0.39 is 0 Å². The smallest absolute Gasteiger partial charge is 0.315 e. The first-order chi connectivity index (χ1) is 10.5. The van der Waals surface area contributed by atoms with Crippen LogP contribution in [0.15, 0.2) is 54.6 Å². The number of amides is 2. The Balaban J connectivity index is 1.82. The van der Waals surface area contributed by atoms with Crippen molar-refractivity contribution in [3.05, 3.63) is 70.7 Å². The van der Waals surface area contributed by atoms with Crippen molar-refractivity contribution < 1.29 is 4.79 Å². The lowest BCUT2D eigenvalue weighted by Gasteiger charge is -2.25. The van der Waals surface area contributed by atoms with Gasteiger partial charge >= 0.3 is 6.03 Å². The summed E-state index contributed by atoms with van der Waals surface area (Å²) in [5.74, 6) is 0. The summed E-state index contributed by atoms with van der Waals surface area (Å²) in [6.45, 7) is 5.25. The molecule has 0 heterocycles. The summed E-state index contributed by atoms with van der Waals surface area (Å²) in [5.41, 5.74) is 2.06. The molecule has 2 rings (SSSR count). The average molecular weight is 317 g/mol. The molecular formula is C18H21ClN2O. The van der Waals surface area contributed by atoms with Gasteiger partial charge in [0.1, 0.15) is 0 Å². The summed E-state index contributed by atoms with van der Waals surface area (Å²) in [6, 6.07) is 17.4. The maximum Gasteiger partial charge on any atom is 0.315 e. The minimum Gasteiger partial charge on any atom is -0.337 e. The van der Waals surface area contributed by atoms with E-state index in [-0.39, 0.29) is 11.4 Å². The van der Waals surface area contributed by atoms with Gasteiger partial charge in [-0.15, -0.1) is 0 Å². The maximum atomic E-state index is 11.9. The molecule has 4 heteroatoms. The number of nitrogens with one attached hydrogen (secondary N) is 2. The molecule has 0 aromatic heterocycles. The highest BCUT2D eigenvalue weighted by molar-refractivity contribution is 6.30. The predicted octanol–water partition coefficient (Wildman–Crippen LogP) is 4.12. The van der Waals surface area contributed by atoms with Gasteiger partial charge in [0, 0.05) is 23.5 Å². The third kappa shape index (κ3) is 4.78. The van der Waals surface area contributed by atoms with E-state index in [9.17, 15) is 4.79 Å². The average Bonchev–Trinajstić information content (AvgIpc) is 2.52. The van der Waals surface area contributed by atoms with E-state index in [1.165, 1.54) is 5.56 Å². The van der Waals surface area contributed by atoms with Crippen LogP contribution in [0.3, 0.4) is 0 Å². The molecule has 116 valence electrons. The van der Waals surface area contributed by atoms with Crippen LogP contribution in [0.5, 0.6) is 0 Å². The van der Waals surface area contributed by atoms with Crippen LogP contribution in [0.2, 0.25) is 5.02 Å². The fourth-order valence-corrected chi connectivity index (χ4v) is 2.40. The van der Waals surface area contributed by atoms with E-state index in [0.717, 1.165) is 5.56 Å². The number of carbonyl (C=O) groups excluding carboxylic acids is 1. The van der Waals surface area contributed by atoms with Crippen LogP contribution < -0.4 is 10.6 Å². The minimum absolute atomic E-state index is 0.116. The number of hydrogen-bond acceptors (Lipinski definition) is 1. The van der Waals surface area contributed by atoms with Crippen LogP contribution in [0.4, 0.5) is 4.79 Å². The molecule has 2 N–H and O–H groups in total. The van der Waals surface area contributed by atoms with Gasteiger partial charge in [-0.05, 0) is 23.3 Å². The summed E-state index contributed by atoms with van der Waals surface area (Å²) in [4.78, 5) is 11.9. The standard InChI is InChI=1S/C18H21ClN2O/c1-18(2,15-8-4-3-5-9-15)13-21-17(22)20-12-14-7-6-10-16(19)11-14/h3-11H,12-13H2,1-2H3,(H2,20,21,22). The van der Waals surface area contributed by atoms with Gasteiger partial charge in [0.2, 0.25) is 0 Å². The Morgan fingerprint density at radius 1 is 1.05 bits per heavy atom. The molecule has 2 amide bonds. The zero-order valence-corrected chi connectivity index (χ0v) is 13.7. The van der Waals surface area contributed by atoms with Crippen molar-refractivity contribution in [2.75, 3.05) is 6.54 Å². The third-order valence-corrected chi connectivity index (χ3v) is 3.82. The van der Waals surface area contributed by atoms with Crippen LogP contribution in [0.1, 0.15) is 25.0 Å². The molecule has 22 heavy (non-hydrogen) atoms. The molecule has 0 fully saturated rings. The summed E-state index contributed by atoms with van der Waals surface area (Å²) in [6.07, 6.45) is 0. The number of rotatable bonds is 5. The van der Waals surface area contributed by atoms with E-state index in [1.807, 2.05) is 42.5 Å². The summed E-state index contributed by atoms with van der Waals surface area (Å²) in [7, 11) is 0. The number of benzene rings is 2. The molecule has 0 aliphatic heterocycles. The molecule has 2 aromatic carbocycles. The van der Waals surface area contributed by atoms with E-state index >= 15 is 0 Å². The Labute approximate surface area is 136 Å². The van der Waals surface area contributed by atoms with Gasteiger partial charge in [0.15, 0.2) is 0 Å². The maximum absolute atomic E-state index is 11.9. The number of hydrogen-bond donors (Lipinski definition) is 2. The Morgan fingerprint density at radius 2 is 1.77 bits per heavy atom. The zero-order chi connectivity index (χ0) is 16.0. The van der Waals surface area contributed by atoms with Gasteiger partial charge in [0.05, 0.1) is 0 Å². The molecule has 2 aromatic rings. The largest absolute Gasteiger partial charge is 0.337 e. The number of halogens is 1. The van der Waals surface area contributed by atoms with Gasteiger partial charge < -0.3 is 10.6 Å². The lowest BCUT2D eigenvalue weighted by atomic mass is 9.85. The molecule has 0 saturated carbocycles. The van der Waals surface area contributed by atoms with Gasteiger partial charge in [0.25, 0.3) is 0 Å². The molecule has 0 aliphatic rings. The number of carbonyl (C=O) groups is 1. The van der Waals surface area contributed by atoms with Crippen molar-refractivity contribution in [3.63, 3.8) is 0 Å². The predicted molar refractivity (Wildman–Crippen MR) is 91.2 cm³/mol. The molecule has 3 nitrogen and oxygen atoms in total. The van der Waals surface area contributed by atoms with Crippen molar-refractivity contribution in [1.82, 2.24) is 10.6 Å². The highest BCUT2D eigenvalue weighted by atomic mass is 35.5. The molecular weight excluding hydrogens is 296 g/mol. The highest BCUT2D eigenvalue weighted by Crippen LogP contribution is 2.21. The van der Waals surface area contributed by atoms with E-state index in [2.05, 4.69) is 36.6 Å². The van der Waals surface area contributed by atoms with Crippen molar-refractivity contribution in [2.45, 2.75) is 25.8 Å². The van der Waals surface area contributed by atoms with Gasteiger partial charge in [-0.2, -0.15) is 0 Å². The first-order valence-corrected chi connectivity index (χ1v) is 7.67. The molecule has 0 bridgehead atoms. The first kappa shape index (κ1) is 16.4. The lowest BCUT2D eigenvalue weighted by molar-refractivity contribution is 0.238. The molecule has 0 saturated heterocycles. The monoisotopic (exact) mass is 316 g/mol. The van der Waals surface area contributed by atoms with Crippen molar-refractivity contribution in [1.29, 1.82) is 0 Å². The second-order valence-corrected chi connectivity index (χ2v) is 6.35. The second kappa shape index (κ2) is 7.32. The van der Waals surface area contributed by atoms with Crippen LogP contribution in [0, 0.1) is 0 Å². The number of urea groups is 1. The SMILES string of the molecule is CC(C)(CNC(=O)NCc1cccc(Cl)c1)c1ccccc1. The lowest BCUT2D eigenvalue weighted by Crippen LogP contribution is -2.42. The summed E-state index contributed by atoms with van der Waals surface area (Å²) in [5, 5.41) is 6.44. The van der Waals surface area contributed by atoms with Crippen molar-refractivity contribution in [3.8, 4) is 0 Å². The fourth-order valence-electron chi connectivity index (χ4n) is 2.18. The Kier molecular flexibility index (Phi) is 5.45. The van der Waals surface area contributed by atoms with Gasteiger partial charge in [-0.3, -0.25) is 0 Å². The zero-order valence-electron chi connectivity index (χ0n) is 12.9. The molecule has 0 radical (unpaired) electrons. The first-order valence-electron chi connectivity index (χ1n) is 7.29. The van der Waals surface area contributed by atoms with Crippen molar-refractivity contribution in [2.24, 2.45) is 0 Å². The summed E-state index contributed by atoms with van der Waals surface area (Å²) >= 11 is 5.92. The van der Waals surface area contributed by atoms with Crippen LogP contribution >= 0.6 is 11.6 Å². The van der Waals surface area contributed by atoms with Crippen molar-refractivity contribution >= 4 is 17.6 Å². The quantitative estimate of drug-likeness (QED) is 0.856. The fraction of sp³-hybridized carbons (Fsp3) is 0.278. The van der Waals surface area contributed by atoms with E-state index in [4.69, 9.17) is 11.6 Å². The highest BCUT2D eigenvalue weighted by Gasteiger charge is 2.20. The van der Waals surface area contributed by atoms with E-state index in [1.54, 1.807) is 0 Å². The molecule has 0 unspecified atom stereocenters. The van der Waals surface area contributed by atoms with Gasteiger partial charge in [-0.1, -0.05) is 67.9 Å². The topological polar surface area (TPSA) is 41.1 Å². The second-order valence-electron chi connectivity index (χ2n) is 5.92. The Bertz CT molecular complexity index is 626. The molecule has 0 aliphatic carbocycles. The Hall–Kier alpha value is -2.00. The normalized spacial score (nSPS) is 11.0.